The van der Waals surface area contributed by atoms with Crippen molar-refractivity contribution in [1.82, 2.24) is 21.3 Å². The van der Waals surface area contributed by atoms with Gasteiger partial charge in [0.25, 0.3) is 0 Å². The highest BCUT2D eigenvalue weighted by molar-refractivity contribution is 7.99. The molecule has 39 heavy (non-hydrogen) atoms. The second kappa shape index (κ2) is 15.8. The largest absolute Gasteiger partial charge is 0.480 e. The molecule has 0 aromatic heterocycles. The van der Waals surface area contributed by atoms with Crippen LogP contribution in [0.5, 0.6) is 0 Å². The summed E-state index contributed by atoms with van der Waals surface area (Å²) in [4.78, 5) is 51.9. The average Bonchev–Trinajstić information content (AvgIpc) is 2.89. The van der Waals surface area contributed by atoms with Crippen LogP contribution in [0.25, 0.3) is 0 Å². The van der Waals surface area contributed by atoms with E-state index in [9.17, 15) is 24.3 Å². The van der Waals surface area contributed by atoms with Gasteiger partial charge in [0.15, 0.2) is 0 Å². The van der Waals surface area contributed by atoms with E-state index in [1.807, 2.05) is 58.0 Å². The lowest BCUT2D eigenvalue weighted by atomic mass is 9.97. The van der Waals surface area contributed by atoms with Crippen LogP contribution in [-0.4, -0.2) is 75.5 Å². The van der Waals surface area contributed by atoms with Gasteiger partial charge in [-0.1, -0.05) is 76.7 Å². The summed E-state index contributed by atoms with van der Waals surface area (Å²) in [5.41, 5.74) is 6.99. The van der Waals surface area contributed by atoms with E-state index in [4.69, 9.17) is 18.0 Å². The summed E-state index contributed by atoms with van der Waals surface area (Å²) in [5, 5.41) is 21.1. The lowest BCUT2D eigenvalue weighted by Gasteiger charge is -2.31. The van der Waals surface area contributed by atoms with Gasteiger partial charge in [-0.2, -0.15) is 11.8 Å². The van der Waals surface area contributed by atoms with E-state index in [1.165, 1.54) is 0 Å². The highest BCUT2D eigenvalue weighted by Crippen LogP contribution is 2.14. The lowest BCUT2D eigenvalue weighted by Crippen LogP contribution is -2.60. The van der Waals surface area contributed by atoms with Crippen molar-refractivity contribution in [3.05, 3.63) is 35.9 Å². The molecule has 0 aliphatic carbocycles. The molecule has 216 valence electrons. The fourth-order valence-electron chi connectivity index (χ4n) is 4.09. The molecule has 1 heterocycles. The van der Waals surface area contributed by atoms with Crippen molar-refractivity contribution in [2.75, 3.05) is 11.5 Å². The Morgan fingerprint density at radius 2 is 1.64 bits per heavy atom. The Labute approximate surface area is 240 Å². The number of aliphatic carboxylic acids is 1. The van der Waals surface area contributed by atoms with Crippen LogP contribution in [-0.2, 0) is 25.6 Å². The van der Waals surface area contributed by atoms with Crippen LogP contribution in [0.4, 0.5) is 0 Å². The van der Waals surface area contributed by atoms with Crippen LogP contribution in [0.15, 0.2) is 30.3 Å². The number of thiocarbonyl (C=S) groups is 1. The van der Waals surface area contributed by atoms with Crippen LogP contribution in [0.1, 0.15) is 46.1 Å². The summed E-state index contributed by atoms with van der Waals surface area (Å²) in [6.07, 6.45) is 1.30. The molecule has 7 N–H and O–H groups in total. The SMILES string of the molecule is CC[C@H](C)[C@@H]1NC(=O)[C@H](N)CSC[C@@H](C(=O)O)NC(=O)C(CC(C)C)NC(=O)C(Cc2ccccc2)NC1=S. The summed E-state index contributed by atoms with van der Waals surface area (Å²) in [6.45, 7) is 7.75. The Bertz CT molecular complexity index is 1010. The third-order valence-corrected chi connectivity index (χ3v) is 8.12. The fraction of sp³-hybridized carbons (Fsp3) is 0.593. The minimum atomic E-state index is -1.21. The predicted molar refractivity (Wildman–Crippen MR) is 157 cm³/mol. The maximum Gasteiger partial charge on any atom is 0.327 e. The number of hydrogen-bond acceptors (Lipinski definition) is 7. The van der Waals surface area contributed by atoms with Gasteiger partial charge < -0.3 is 32.1 Å². The third kappa shape index (κ3) is 10.4. The van der Waals surface area contributed by atoms with Crippen molar-refractivity contribution in [2.24, 2.45) is 17.6 Å². The molecule has 6 atom stereocenters. The van der Waals surface area contributed by atoms with Crippen molar-refractivity contribution in [2.45, 2.75) is 77.2 Å². The van der Waals surface area contributed by atoms with E-state index >= 15 is 0 Å². The minimum Gasteiger partial charge on any atom is -0.480 e. The van der Waals surface area contributed by atoms with Crippen molar-refractivity contribution in [3.8, 4) is 0 Å². The number of rotatable bonds is 7. The van der Waals surface area contributed by atoms with E-state index in [2.05, 4.69) is 21.3 Å². The molecule has 1 aromatic rings. The Morgan fingerprint density at radius 3 is 2.23 bits per heavy atom. The van der Waals surface area contributed by atoms with Crippen LogP contribution >= 0.6 is 24.0 Å². The Kier molecular flexibility index (Phi) is 13.2. The zero-order valence-electron chi connectivity index (χ0n) is 22.9. The molecule has 1 aliphatic heterocycles. The standard InChI is InChI=1S/C27H41N5O5S2/c1-5-16(4)22-26(38)31-20(12-17-9-7-6-8-10-17)25(35)29-19(11-15(2)3)24(34)30-21(27(36)37)14-39-13-18(28)23(33)32-22/h6-10,15-16,18-22H,5,11-14,28H2,1-4H3,(H,29,35)(H,30,34)(H,31,38)(H,32,33)(H,36,37)/t16-,18+,19?,20?,21-,22-/m0/s1. The molecule has 0 spiro atoms. The van der Waals surface area contributed by atoms with E-state index < -0.39 is 53.9 Å². The van der Waals surface area contributed by atoms with Crippen LogP contribution < -0.4 is 27.0 Å². The normalized spacial score (nSPS) is 26.7. The van der Waals surface area contributed by atoms with E-state index in [0.29, 0.717) is 17.8 Å². The molecule has 2 unspecified atom stereocenters. The summed E-state index contributed by atoms with van der Waals surface area (Å²) in [5.74, 6) is -2.52. The number of hydrogen-bond donors (Lipinski definition) is 6. The highest BCUT2D eigenvalue weighted by Gasteiger charge is 2.33. The number of carbonyl (C=O) groups is 4. The maximum atomic E-state index is 13.6. The number of carbonyl (C=O) groups excluding carboxylic acids is 3. The number of nitrogens with one attached hydrogen (secondary N) is 4. The van der Waals surface area contributed by atoms with E-state index in [0.717, 1.165) is 17.3 Å². The Morgan fingerprint density at radius 1 is 1.00 bits per heavy atom. The zero-order chi connectivity index (χ0) is 29.1. The molecular formula is C27H41N5O5S2. The van der Waals surface area contributed by atoms with Crippen LogP contribution in [0, 0.1) is 11.8 Å². The van der Waals surface area contributed by atoms with Crippen molar-refractivity contribution < 1.29 is 24.3 Å². The Balaban J connectivity index is 2.47. The second-order valence-electron chi connectivity index (χ2n) is 10.4. The summed E-state index contributed by atoms with van der Waals surface area (Å²) < 4.78 is 0. The maximum absolute atomic E-state index is 13.6. The van der Waals surface area contributed by atoms with Gasteiger partial charge in [-0.25, -0.2) is 4.79 Å². The zero-order valence-corrected chi connectivity index (χ0v) is 24.6. The first-order chi connectivity index (χ1) is 18.4. The van der Waals surface area contributed by atoms with Gasteiger partial charge in [0, 0.05) is 17.9 Å². The molecule has 1 aliphatic rings. The average molecular weight is 580 g/mol. The molecule has 10 nitrogen and oxygen atoms in total. The third-order valence-electron chi connectivity index (χ3n) is 6.58. The molecule has 0 saturated carbocycles. The lowest BCUT2D eigenvalue weighted by molar-refractivity contribution is -0.141. The number of carboxylic acids is 1. The number of benzene rings is 1. The number of amides is 3. The molecule has 2 rings (SSSR count). The van der Waals surface area contributed by atoms with Gasteiger partial charge in [-0.05, 0) is 23.8 Å². The van der Waals surface area contributed by atoms with Crippen molar-refractivity contribution >= 4 is 52.7 Å². The first-order valence-electron chi connectivity index (χ1n) is 13.2. The Hall–Kier alpha value is -2.70. The number of nitrogens with two attached hydrogens (primary N) is 1. The van der Waals surface area contributed by atoms with Crippen molar-refractivity contribution in [3.63, 3.8) is 0 Å². The summed E-state index contributed by atoms with van der Waals surface area (Å²) in [6, 6.07) is 4.88. The molecule has 0 bridgehead atoms. The molecule has 12 heteroatoms. The van der Waals surface area contributed by atoms with Crippen LogP contribution in [0.2, 0.25) is 0 Å². The minimum absolute atomic E-state index is 0.00971. The number of carboxylic acid groups (broad SMARTS) is 1. The smallest absolute Gasteiger partial charge is 0.327 e. The monoisotopic (exact) mass is 579 g/mol. The van der Waals surface area contributed by atoms with E-state index in [-0.39, 0.29) is 29.8 Å². The fourth-order valence-corrected chi connectivity index (χ4v) is 5.53. The molecule has 3 amide bonds. The first kappa shape index (κ1) is 32.5. The van der Waals surface area contributed by atoms with Crippen LogP contribution in [0.3, 0.4) is 0 Å². The van der Waals surface area contributed by atoms with E-state index in [1.54, 1.807) is 0 Å². The molecule has 0 radical (unpaired) electrons. The molecular weight excluding hydrogens is 538 g/mol. The topological polar surface area (TPSA) is 163 Å². The molecule has 1 fully saturated rings. The highest BCUT2D eigenvalue weighted by atomic mass is 32.2. The van der Waals surface area contributed by atoms with Gasteiger partial charge in [0.1, 0.15) is 18.1 Å². The van der Waals surface area contributed by atoms with Gasteiger partial charge >= 0.3 is 5.97 Å². The van der Waals surface area contributed by atoms with Crippen molar-refractivity contribution in [1.29, 1.82) is 0 Å². The summed E-state index contributed by atoms with van der Waals surface area (Å²) >= 11 is 6.87. The first-order valence-corrected chi connectivity index (χ1v) is 14.8. The van der Waals surface area contributed by atoms with Gasteiger partial charge in [-0.3, -0.25) is 14.4 Å². The number of thioether (sulfide) groups is 1. The van der Waals surface area contributed by atoms with Gasteiger partial charge in [-0.15, -0.1) is 0 Å². The van der Waals surface area contributed by atoms with Gasteiger partial charge in [0.05, 0.1) is 17.1 Å². The quantitative estimate of drug-likeness (QED) is 0.261. The molecule has 1 saturated heterocycles. The summed E-state index contributed by atoms with van der Waals surface area (Å²) in [7, 11) is 0. The predicted octanol–water partition coefficient (Wildman–Crippen LogP) is 1.22. The van der Waals surface area contributed by atoms with Gasteiger partial charge in [0.2, 0.25) is 17.7 Å². The second-order valence-corrected chi connectivity index (χ2v) is 11.9. The molecule has 1 aromatic carbocycles.